The van der Waals surface area contributed by atoms with Crippen molar-refractivity contribution in [3.05, 3.63) is 53.2 Å². The highest BCUT2D eigenvalue weighted by Crippen LogP contribution is 2.23. The van der Waals surface area contributed by atoms with Crippen LogP contribution >= 0.6 is 15.9 Å². The number of aromatic nitrogens is 2. The van der Waals surface area contributed by atoms with Gasteiger partial charge in [-0.1, -0.05) is 12.1 Å². The van der Waals surface area contributed by atoms with Crippen LogP contribution in [0.3, 0.4) is 0 Å². The molecular weight excluding hydrogens is 376 g/mol. The van der Waals surface area contributed by atoms with Crippen molar-refractivity contribution >= 4 is 39.4 Å². The lowest BCUT2D eigenvalue weighted by molar-refractivity contribution is 0.102. The summed E-state index contributed by atoms with van der Waals surface area (Å²) in [7, 11) is 0. The molecule has 0 aliphatic carbocycles. The first-order valence-corrected chi connectivity index (χ1v) is 8.07. The molecule has 1 fully saturated rings. The highest BCUT2D eigenvalue weighted by Gasteiger charge is 2.24. The quantitative estimate of drug-likeness (QED) is 0.795. The number of anilines is 2. The van der Waals surface area contributed by atoms with Crippen LogP contribution in [0.2, 0.25) is 0 Å². The van der Waals surface area contributed by atoms with Gasteiger partial charge in [0.05, 0.1) is 17.6 Å². The van der Waals surface area contributed by atoms with Gasteiger partial charge < -0.3 is 10.1 Å². The van der Waals surface area contributed by atoms with Crippen LogP contribution in [-0.2, 0) is 11.3 Å². The number of carbonyl (C=O) groups excluding carboxylic acids is 2. The molecule has 0 bridgehead atoms. The number of benzene rings is 1. The average Bonchev–Trinajstić information content (AvgIpc) is 3.14. The molecule has 1 aliphatic heterocycles. The van der Waals surface area contributed by atoms with Gasteiger partial charge in [0, 0.05) is 17.4 Å². The Morgan fingerprint density at radius 2 is 2.33 bits per heavy atom. The third kappa shape index (κ3) is 3.33. The van der Waals surface area contributed by atoms with Crippen LogP contribution in [0, 0.1) is 0 Å². The Bertz CT molecular complexity index is 802. The highest BCUT2D eigenvalue weighted by atomic mass is 79.9. The molecule has 2 heterocycles. The van der Waals surface area contributed by atoms with Gasteiger partial charge >= 0.3 is 6.09 Å². The summed E-state index contributed by atoms with van der Waals surface area (Å²) in [5.41, 5.74) is 1.05. The standard InChI is InChI=1S/C16H15BrN4O3/c1-2-6-20-10-13(17)14(19-20)18-15(22)11-4-3-5-12(9-11)21-7-8-24-16(21)23/h2-5,9-10H,1,6-8H2,(H,18,19,22). The number of carbonyl (C=O) groups is 2. The van der Waals surface area contributed by atoms with Gasteiger partial charge in [0.15, 0.2) is 5.82 Å². The first-order chi connectivity index (χ1) is 11.6. The van der Waals surface area contributed by atoms with Crippen LogP contribution in [0.4, 0.5) is 16.3 Å². The predicted molar refractivity (Wildman–Crippen MR) is 93.2 cm³/mol. The van der Waals surface area contributed by atoms with E-state index in [9.17, 15) is 9.59 Å². The molecule has 0 radical (unpaired) electrons. The fraction of sp³-hybridized carbons (Fsp3) is 0.188. The average molecular weight is 391 g/mol. The molecular formula is C16H15BrN4O3. The van der Waals surface area contributed by atoms with E-state index in [1.807, 2.05) is 0 Å². The van der Waals surface area contributed by atoms with E-state index in [2.05, 4.69) is 32.9 Å². The Labute approximate surface area is 147 Å². The van der Waals surface area contributed by atoms with Crippen LogP contribution in [0.1, 0.15) is 10.4 Å². The summed E-state index contributed by atoms with van der Waals surface area (Å²) in [6.45, 7) is 5.02. The number of ether oxygens (including phenoxy) is 1. The molecule has 124 valence electrons. The molecule has 3 rings (SSSR count). The number of cyclic esters (lactones) is 1. The van der Waals surface area contributed by atoms with E-state index in [0.717, 1.165) is 0 Å². The van der Waals surface area contributed by atoms with E-state index in [0.29, 0.717) is 41.2 Å². The number of hydrogen-bond acceptors (Lipinski definition) is 4. The van der Waals surface area contributed by atoms with E-state index in [-0.39, 0.29) is 5.91 Å². The maximum absolute atomic E-state index is 12.4. The van der Waals surface area contributed by atoms with Gasteiger partial charge in [-0.15, -0.1) is 6.58 Å². The fourth-order valence-corrected chi connectivity index (χ4v) is 2.75. The van der Waals surface area contributed by atoms with Crippen LogP contribution in [0.15, 0.2) is 47.6 Å². The lowest BCUT2D eigenvalue weighted by Crippen LogP contribution is -2.23. The molecule has 2 aromatic rings. The molecule has 1 N–H and O–H groups in total. The number of rotatable bonds is 5. The predicted octanol–water partition coefficient (Wildman–Crippen LogP) is 3.04. The first-order valence-electron chi connectivity index (χ1n) is 7.28. The maximum Gasteiger partial charge on any atom is 0.414 e. The Kier molecular flexibility index (Phi) is 4.66. The summed E-state index contributed by atoms with van der Waals surface area (Å²) >= 11 is 3.36. The summed E-state index contributed by atoms with van der Waals surface area (Å²) in [6.07, 6.45) is 3.07. The van der Waals surface area contributed by atoms with Gasteiger partial charge in [0.2, 0.25) is 0 Å². The minimum absolute atomic E-state index is 0.311. The summed E-state index contributed by atoms with van der Waals surface area (Å²) in [6, 6.07) is 6.81. The SMILES string of the molecule is C=CCn1cc(Br)c(NC(=O)c2cccc(N3CCOC3=O)c2)n1. The maximum atomic E-state index is 12.4. The van der Waals surface area contributed by atoms with Crippen molar-refractivity contribution in [3.63, 3.8) is 0 Å². The summed E-state index contributed by atoms with van der Waals surface area (Å²) < 4.78 is 7.25. The van der Waals surface area contributed by atoms with Gasteiger partial charge in [-0.05, 0) is 34.1 Å². The van der Waals surface area contributed by atoms with Gasteiger partial charge in [-0.2, -0.15) is 5.10 Å². The number of amides is 2. The third-order valence-electron chi connectivity index (χ3n) is 3.45. The summed E-state index contributed by atoms with van der Waals surface area (Å²) in [5.74, 6) is 0.113. The first kappa shape index (κ1) is 16.3. The molecule has 8 heteroatoms. The minimum Gasteiger partial charge on any atom is -0.447 e. The molecule has 0 saturated carbocycles. The highest BCUT2D eigenvalue weighted by molar-refractivity contribution is 9.10. The van der Waals surface area contributed by atoms with Crippen molar-refractivity contribution in [2.45, 2.75) is 6.54 Å². The Hall–Kier alpha value is -2.61. The van der Waals surface area contributed by atoms with Crippen LogP contribution < -0.4 is 10.2 Å². The van der Waals surface area contributed by atoms with E-state index in [4.69, 9.17) is 4.74 Å². The fourth-order valence-electron chi connectivity index (χ4n) is 2.33. The van der Waals surface area contributed by atoms with Gasteiger partial charge in [-0.25, -0.2) is 4.79 Å². The summed E-state index contributed by atoms with van der Waals surface area (Å²) in [5, 5.41) is 7.01. The van der Waals surface area contributed by atoms with E-state index >= 15 is 0 Å². The normalized spacial score (nSPS) is 13.7. The Morgan fingerprint density at radius 1 is 1.50 bits per heavy atom. The third-order valence-corrected chi connectivity index (χ3v) is 4.03. The Balaban J connectivity index is 1.78. The lowest BCUT2D eigenvalue weighted by Gasteiger charge is -2.13. The van der Waals surface area contributed by atoms with Crippen molar-refractivity contribution in [3.8, 4) is 0 Å². The molecule has 1 aromatic heterocycles. The molecule has 1 saturated heterocycles. The van der Waals surface area contributed by atoms with E-state index in [1.54, 1.807) is 41.2 Å². The second-order valence-electron chi connectivity index (χ2n) is 5.11. The second kappa shape index (κ2) is 6.88. The smallest absolute Gasteiger partial charge is 0.414 e. The molecule has 0 unspecified atom stereocenters. The zero-order chi connectivity index (χ0) is 17.1. The number of nitrogens with zero attached hydrogens (tertiary/aromatic N) is 3. The molecule has 1 aliphatic rings. The minimum atomic E-state index is -0.404. The van der Waals surface area contributed by atoms with Gasteiger partial charge in [-0.3, -0.25) is 14.4 Å². The van der Waals surface area contributed by atoms with Crippen LogP contribution in [0.25, 0.3) is 0 Å². The second-order valence-corrected chi connectivity index (χ2v) is 5.96. The molecule has 24 heavy (non-hydrogen) atoms. The molecule has 0 atom stereocenters. The zero-order valence-electron chi connectivity index (χ0n) is 12.7. The van der Waals surface area contributed by atoms with Gasteiger partial charge in [0.25, 0.3) is 5.91 Å². The van der Waals surface area contributed by atoms with Crippen molar-refractivity contribution in [2.24, 2.45) is 0 Å². The lowest BCUT2D eigenvalue weighted by atomic mass is 10.1. The number of allylic oxidation sites excluding steroid dienone is 1. The topological polar surface area (TPSA) is 76.5 Å². The zero-order valence-corrected chi connectivity index (χ0v) is 14.3. The van der Waals surface area contributed by atoms with Crippen LogP contribution in [0.5, 0.6) is 0 Å². The van der Waals surface area contributed by atoms with Crippen molar-refractivity contribution in [1.82, 2.24) is 9.78 Å². The van der Waals surface area contributed by atoms with Crippen LogP contribution in [-0.4, -0.2) is 34.9 Å². The number of hydrogen-bond donors (Lipinski definition) is 1. The number of nitrogens with one attached hydrogen (secondary N) is 1. The Morgan fingerprint density at radius 3 is 3.04 bits per heavy atom. The van der Waals surface area contributed by atoms with Crippen molar-refractivity contribution in [2.75, 3.05) is 23.4 Å². The summed E-state index contributed by atoms with van der Waals surface area (Å²) in [4.78, 5) is 25.6. The molecule has 2 amide bonds. The largest absolute Gasteiger partial charge is 0.447 e. The van der Waals surface area contributed by atoms with E-state index in [1.165, 1.54) is 4.90 Å². The van der Waals surface area contributed by atoms with E-state index < -0.39 is 6.09 Å². The molecule has 7 nitrogen and oxygen atoms in total. The van der Waals surface area contributed by atoms with Gasteiger partial charge in [0.1, 0.15) is 6.61 Å². The van der Waals surface area contributed by atoms with Crippen molar-refractivity contribution < 1.29 is 14.3 Å². The molecule has 0 spiro atoms. The van der Waals surface area contributed by atoms with Crippen molar-refractivity contribution in [1.29, 1.82) is 0 Å². The number of halogens is 1. The monoisotopic (exact) mass is 390 g/mol. The molecule has 1 aromatic carbocycles.